The number of ether oxygens (including phenoxy) is 8. The lowest BCUT2D eigenvalue weighted by Gasteiger charge is -2.48. The van der Waals surface area contributed by atoms with Gasteiger partial charge in [0.2, 0.25) is 5.91 Å². The second-order valence-corrected chi connectivity index (χ2v) is 9.20. The SMILES string of the molecule is CC(=O)N[C@@H]1[C@@H](O[C@@H]2O[C@@H](C)[C@@H](OC(C)=O)[C@@H](OC(C)=O)[C@@H]2OC(C)=O)[C@H](OC(C)=O)[C@@H](COC(C)=O)O[C@@H]1O. The van der Waals surface area contributed by atoms with Crippen molar-refractivity contribution in [3.05, 3.63) is 0 Å². The summed E-state index contributed by atoms with van der Waals surface area (Å²) in [7, 11) is 0. The maximum absolute atomic E-state index is 12.0. The van der Waals surface area contributed by atoms with Gasteiger partial charge in [0.25, 0.3) is 0 Å². The summed E-state index contributed by atoms with van der Waals surface area (Å²) >= 11 is 0. The van der Waals surface area contributed by atoms with Crippen molar-refractivity contribution >= 4 is 35.8 Å². The molecule has 1 amide bonds. The molecule has 0 radical (unpaired) electrons. The van der Waals surface area contributed by atoms with Crippen LogP contribution >= 0.6 is 0 Å². The fraction of sp³-hybridized carbons (Fsp3) is 0.750. The van der Waals surface area contributed by atoms with Crippen LogP contribution in [0.1, 0.15) is 48.5 Å². The van der Waals surface area contributed by atoms with Gasteiger partial charge >= 0.3 is 29.8 Å². The quantitative estimate of drug-likeness (QED) is 0.239. The van der Waals surface area contributed by atoms with Crippen molar-refractivity contribution in [2.24, 2.45) is 0 Å². The van der Waals surface area contributed by atoms with Crippen LogP contribution in [0, 0.1) is 0 Å². The molecule has 2 rings (SSSR count). The molecule has 0 aliphatic carbocycles. The summed E-state index contributed by atoms with van der Waals surface area (Å²) in [5, 5.41) is 13.2. The van der Waals surface area contributed by atoms with Crippen molar-refractivity contribution in [1.82, 2.24) is 5.32 Å². The first kappa shape index (κ1) is 32.9. The Kier molecular flexibility index (Phi) is 11.8. The van der Waals surface area contributed by atoms with Gasteiger partial charge in [-0.15, -0.1) is 0 Å². The zero-order valence-electron chi connectivity index (χ0n) is 23.1. The van der Waals surface area contributed by atoms with Gasteiger partial charge in [-0.25, -0.2) is 0 Å². The van der Waals surface area contributed by atoms with E-state index in [1.165, 1.54) is 6.92 Å². The smallest absolute Gasteiger partial charge is 0.303 e. The van der Waals surface area contributed by atoms with Gasteiger partial charge in [-0.05, 0) is 6.92 Å². The summed E-state index contributed by atoms with van der Waals surface area (Å²) in [5.74, 6) is -4.51. The van der Waals surface area contributed by atoms with Crippen molar-refractivity contribution in [3.63, 3.8) is 0 Å². The van der Waals surface area contributed by atoms with Crippen molar-refractivity contribution in [2.75, 3.05) is 6.61 Å². The summed E-state index contributed by atoms with van der Waals surface area (Å²) in [6.45, 7) is 7.63. The third-order valence-electron chi connectivity index (χ3n) is 5.71. The van der Waals surface area contributed by atoms with E-state index < -0.39 is 104 Å². The normalized spacial score (nSPS) is 33.6. The van der Waals surface area contributed by atoms with E-state index >= 15 is 0 Å². The number of hydrogen-bond donors (Lipinski definition) is 2. The molecule has 0 aromatic heterocycles. The van der Waals surface area contributed by atoms with Crippen LogP contribution in [-0.4, -0.2) is 109 Å². The Morgan fingerprint density at radius 3 is 1.68 bits per heavy atom. The Morgan fingerprint density at radius 2 is 1.18 bits per heavy atom. The highest BCUT2D eigenvalue weighted by molar-refractivity contribution is 5.73. The minimum absolute atomic E-state index is 0.475. The fourth-order valence-electron chi connectivity index (χ4n) is 4.37. The largest absolute Gasteiger partial charge is 0.463 e. The van der Waals surface area contributed by atoms with Crippen molar-refractivity contribution in [2.45, 2.75) is 110 Å². The number of nitrogens with one attached hydrogen (secondary N) is 1. The number of amides is 1. The van der Waals surface area contributed by atoms with E-state index in [2.05, 4.69) is 5.32 Å². The molecular formula is C24H35NO15. The topological polar surface area (TPSA) is 209 Å². The lowest BCUT2D eigenvalue weighted by Crippen LogP contribution is -2.68. The van der Waals surface area contributed by atoms with E-state index in [1.807, 2.05) is 0 Å². The summed E-state index contributed by atoms with van der Waals surface area (Å²) < 4.78 is 43.9. The second-order valence-electron chi connectivity index (χ2n) is 9.20. The molecule has 2 N–H and O–H groups in total. The van der Waals surface area contributed by atoms with Gasteiger partial charge in [0.05, 0.1) is 6.10 Å². The molecule has 0 spiro atoms. The van der Waals surface area contributed by atoms with E-state index in [-0.39, 0.29) is 0 Å². The van der Waals surface area contributed by atoms with E-state index in [1.54, 1.807) is 0 Å². The highest BCUT2D eigenvalue weighted by Gasteiger charge is 2.55. The number of aliphatic hydroxyl groups excluding tert-OH is 1. The Balaban J connectivity index is 2.56. The van der Waals surface area contributed by atoms with Crippen molar-refractivity contribution in [1.29, 1.82) is 0 Å². The van der Waals surface area contributed by atoms with Crippen LogP contribution in [0.4, 0.5) is 0 Å². The van der Waals surface area contributed by atoms with E-state index in [9.17, 15) is 33.9 Å². The summed E-state index contributed by atoms with van der Waals surface area (Å²) in [6.07, 6.45) is -12.7. The Hall–Kier alpha value is -3.34. The van der Waals surface area contributed by atoms with Crippen LogP contribution in [0.2, 0.25) is 0 Å². The van der Waals surface area contributed by atoms with Crippen molar-refractivity contribution < 1.29 is 71.8 Å². The third-order valence-corrected chi connectivity index (χ3v) is 5.71. The molecule has 2 aliphatic rings. The average molecular weight is 578 g/mol. The highest BCUT2D eigenvalue weighted by atomic mass is 16.7. The first-order chi connectivity index (χ1) is 18.6. The van der Waals surface area contributed by atoms with Crippen LogP contribution in [-0.2, 0) is 66.7 Å². The molecule has 40 heavy (non-hydrogen) atoms. The minimum Gasteiger partial charge on any atom is -0.463 e. The molecule has 2 saturated heterocycles. The van der Waals surface area contributed by atoms with Gasteiger partial charge in [-0.3, -0.25) is 28.8 Å². The zero-order chi connectivity index (χ0) is 30.3. The molecule has 0 bridgehead atoms. The van der Waals surface area contributed by atoms with E-state index in [0.717, 1.165) is 41.5 Å². The van der Waals surface area contributed by atoms with Crippen LogP contribution in [0.15, 0.2) is 0 Å². The van der Waals surface area contributed by atoms with Gasteiger partial charge in [-0.2, -0.15) is 0 Å². The molecule has 2 aliphatic heterocycles. The molecule has 2 fully saturated rings. The summed E-state index contributed by atoms with van der Waals surface area (Å²) in [4.78, 5) is 71.2. The van der Waals surface area contributed by atoms with Crippen LogP contribution in [0.5, 0.6) is 0 Å². The molecule has 16 heteroatoms. The highest BCUT2D eigenvalue weighted by Crippen LogP contribution is 2.33. The first-order valence-corrected chi connectivity index (χ1v) is 12.3. The zero-order valence-corrected chi connectivity index (χ0v) is 23.1. The molecule has 16 nitrogen and oxygen atoms in total. The molecule has 2 heterocycles. The molecule has 10 atom stereocenters. The molecule has 0 aromatic rings. The van der Waals surface area contributed by atoms with Crippen LogP contribution in [0.3, 0.4) is 0 Å². The average Bonchev–Trinajstić information content (AvgIpc) is 2.80. The number of rotatable bonds is 9. The van der Waals surface area contributed by atoms with Crippen LogP contribution < -0.4 is 5.32 Å². The number of hydrogen-bond acceptors (Lipinski definition) is 15. The van der Waals surface area contributed by atoms with Crippen molar-refractivity contribution in [3.8, 4) is 0 Å². The van der Waals surface area contributed by atoms with Gasteiger partial charge in [0.15, 0.2) is 37.0 Å². The van der Waals surface area contributed by atoms with Gasteiger partial charge < -0.3 is 48.3 Å². The molecule has 0 unspecified atom stereocenters. The summed E-state index contributed by atoms with van der Waals surface area (Å²) in [6, 6.07) is -1.38. The second kappa shape index (κ2) is 14.3. The van der Waals surface area contributed by atoms with Crippen LogP contribution in [0.25, 0.3) is 0 Å². The summed E-state index contributed by atoms with van der Waals surface area (Å²) in [5.41, 5.74) is 0. The maximum Gasteiger partial charge on any atom is 0.303 e. The van der Waals surface area contributed by atoms with Gasteiger partial charge in [-0.1, -0.05) is 0 Å². The fourth-order valence-corrected chi connectivity index (χ4v) is 4.37. The molecule has 0 aromatic carbocycles. The minimum atomic E-state index is -1.76. The predicted octanol–water partition coefficient (Wildman–Crippen LogP) is -1.37. The number of esters is 5. The lowest BCUT2D eigenvalue weighted by molar-refractivity contribution is -0.340. The van der Waals surface area contributed by atoms with E-state index in [4.69, 9.17) is 37.9 Å². The Bertz CT molecular complexity index is 970. The van der Waals surface area contributed by atoms with Gasteiger partial charge in [0, 0.05) is 41.5 Å². The number of carbonyl (C=O) groups is 6. The Labute approximate surface area is 229 Å². The Morgan fingerprint density at radius 1 is 0.675 bits per heavy atom. The first-order valence-electron chi connectivity index (χ1n) is 12.3. The lowest BCUT2D eigenvalue weighted by atomic mass is 9.95. The number of carbonyl (C=O) groups excluding carboxylic acids is 6. The number of aliphatic hydroxyl groups is 1. The molecule has 0 saturated carbocycles. The standard InChI is InChI=1S/C24H35NO15/c1-9-18(35-12(4)28)21(37-14(6)30)22(38-15(7)31)24(34-9)40-20-17(25-10(2)26)23(32)39-16(8-33-11(3)27)19(20)36-13(5)29/h9,16-24,32H,8H2,1-7H3,(H,25,26)/t9-,16+,17+,18+,19+,20+,21+,22-,23-,24-/m0/s1. The molecular weight excluding hydrogens is 542 g/mol. The monoisotopic (exact) mass is 577 g/mol. The van der Waals surface area contributed by atoms with E-state index in [0.29, 0.717) is 0 Å². The maximum atomic E-state index is 12.0. The third kappa shape index (κ3) is 9.11. The predicted molar refractivity (Wildman–Crippen MR) is 127 cm³/mol. The van der Waals surface area contributed by atoms with Gasteiger partial charge in [0.1, 0.15) is 24.9 Å². The molecule has 226 valence electrons.